The van der Waals surface area contributed by atoms with Crippen molar-refractivity contribution in [2.45, 2.75) is 32.2 Å². The third-order valence-electron chi connectivity index (χ3n) is 4.03. The second-order valence-corrected chi connectivity index (χ2v) is 8.40. The zero-order valence-corrected chi connectivity index (χ0v) is 16.8. The zero-order valence-electron chi connectivity index (χ0n) is 15.1. The first-order valence-corrected chi connectivity index (χ1v) is 10.6. The fraction of sp³-hybridized carbons (Fsp3) is 0.250. The van der Waals surface area contributed by atoms with Gasteiger partial charge in [0.05, 0.1) is 0 Å². The molecule has 0 spiro atoms. The van der Waals surface area contributed by atoms with Crippen molar-refractivity contribution < 1.29 is 9.90 Å². The van der Waals surface area contributed by atoms with Gasteiger partial charge in [0.25, 0.3) is 0 Å². The second kappa shape index (κ2) is 9.35. The number of anilines is 2. The number of hydrogen-bond donors (Lipinski definition) is 3. The first-order chi connectivity index (χ1) is 13.2. The molecule has 0 saturated heterocycles. The van der Waals surface area contributed by atoms with Crippen LogP contribution in [0.4, 0.5) is 10.4 Å². The first-order valence-electron chi connectivity index (χ1n) is 8.89. The Bertz CT molecular complexity index is 882. The number of nitrogens with one attached hydrogen (secondary N) is 2. The Hall–Kier alpha value is -2.63. The van der Waals surface area contributed by atoms with Gasteiger partial charge >= 0.3 is 164 Å². The molecule has 3 N–H and O–H groups in total. The summed E-state index contributed by atoms with van der Waals surface area (Å²) in [7, 11) is 0. The molecule has 0 fully saturated rings. The summed E-state index contributed by atoms with van der Waals surface area (Å²) in [6.07, 6.45) is 2.45. The Morgan fingerprint density at radius 2 is 1.85 bits per heavy atom. The van der Waals surface area contributed by atoms with E-state index in [0.717, 1.165) is 27.8 Å². The van der Waals surface area contributed by atoms with Crippen LogP contribution in [0.2, 0.25) is 0 Å². The molecule has 6 nitrogen and oxygen atoms in total. The van der Waals surface area contributed by atoms with E-state index >= 15 is 0 Å². The quantitative estimate of drug-likeness (QED) is 0.479. The van der Waals surface area contributed by atoms with Crippen LogP contribution in [0, 0.1) is 0 Å². The molecule has 27 heavy (non-hydrogen) atoms. The monoisotopic (exact) mass is 430 g/mol. The standard InChI is InChI=1S/C20H22N4O2Se/c1-2-8-15(21-19(26)16-11-6-7-12-17(16)25)13-18-23-24-20(27-18)22-14-9-4-3-5-10-14/h3-7,9-12,15,25H,2,8,13H2,1H3,(H,21,26)(H,22,24). The molecule has 0 aliphatic heterocycles. The van der Waals surface area contributed by atoms with E-state index < -0.39 is 0 Å². The molecule has 140 valence electrons. The van der Waals surface area contributed by atoms with E-state index in [-0.39, 0.29) is 32.2 Å². The number of rotatable bonds is 8. The third kappa shape index (κ3) is 5.42. The number of para-hydroxylation sites is 2. The number of aromatic nitrogens is 2. The van der Waals surface area contributed by atoms with Gasteiger partial charge in [-0.3, -0.25) is 0 Å². The Balaban J connectivity index is 1.64. The number of nitrogens with zero attached hydrogens (tertiary/aromatic N) is 2. The minimum atomic E-state index is -0.263. The van der Waals surface area contributed by atoms with Crippen LogP contribution in [0.3, 0.4) is 0 Å². The maximum absolute atomic E-state index is 12.5. The molecule has 1 heterocycles. The van der Waals surface area contributed by atoms with Gasteiger partial charge < -0.3 is 0 Å². The van der Waals surface area contributed by atoms with Crippen LogP contribution in [0.5, 0.6) is 5.75 Å². The normalized spacial score (nSPS) is 11.7. The van der Waals surface area contributed by atoms with Crippen molar-refractivity contribution in [2.75, 3.05) is 5.32 Å². The topological polar surface area (TPSA) is 87.1 Å². The fourth-order valence-corrected chi connectivity index (χ4v) is 4.51. The van der Waals surface area contributed by atoms with Gasteiger partial charge in [-0.25, -0.2) is 0 Å². The van der Waals surface area contributed by atoms with Crippen LogP contribution < -0.4 is 10.6 Å². The summed E-state index contributed by atoms with van der Waals surface area (Å²) in [4.78, 5) is 12.5. The van der Waals surface area contributed by atoms with Gasteiger partial charge in [0.2, 0.25) is 0 Å². The van der Waals surface area contributed by atoms with Gasteiger partial charge in [-0.1, -0.05) is 0 Å². The molecule has 1 aromatic heterocycles. The number of phenols is 1. The number of carbonyl (C=O) groups is 1. The number of carbonyl (C=O) groups excluding carboxylic acids is 1. The molecule has 0 radical (unpaired) electrons. The van der Waals surface area contributed by atoms with Gasteiger partial charge in [-0.2, -0.15) is 0 Å². The van der Waals surface area contributed by atoms with Crippen LogP contribution in [0.15, 0.2) is 54.6 Å². The number of benzene rings is 2. The molecule has 1 atom stereocenters. The summed E-state index contributed by atoms with van der Waals surface area (Å²) in [5.74, 6) is -0.272. The van der Waals surface area contributed by atoms with Crippen molar-refractivity contribution in [1.29, 1.82) is 0 Å². The zero-order chi connectivity index (χ0) is 19.1. The van der Waals surface area contributed by atoms with Crippen molar-refractivity contribution in [2.24, 2.45) is 0 Å². The van der Waals surface area contributed by atoms with Crippen LogP contribution >= 0.6 is 0 Å². The Morgan fingerprint density at radius 1 is 1.11 bits per heavy atom. The van der Waals surface area contributed by atoms with Crippen molar-refractivity contribution in [3.8, 4) is 5.75 Å². The molecule has 7 heteroatoms. The van der Waals surface area contributed by atoms with E-state index in [0.29, 0.717) is 12.0 Å². The van der Waals surface area contributed by atoms with Crippen LogP contribution in [-0.4, -0.2) is 41.8 Å². The molecule has 0 bridgehead atoms. The second-order valence-electron chi connectivity index (χ2n) is 6.17. The predicted octanol–water partition coefficient (Wildman–Crippen LogP) is 3.12. The molecule has 2 aromatic carbocycles. The average Bonchev–Trinajstić information content (AvgIpc) is 3.10. The summed E-state index contributed by atoms with van der Waals surface area (Å²) < 4.78 is 1.86. The Labute approximate surface area is 164 Å². The molecule has 0 aliphatic carbocycles. The van der Waals surface area contributed by atoms with E-state index in [1.54, 1.807) is 18.2 Å². The SMILES string of the molecule is CCCC(Cc1nnc(Nc2ccccc2)[se]1)NC(=O)c1ccccc1O. The molecular formula is C20H22N4O2Se. The predicted molar refractivity (Wildman–Crippen MR) is 107 cm³/mol. The van der Waals surface area contributed by atoms with E-state index in [1.807, 2.05) is 30.3 Å². The summed E-state index contributed by atoms with van der Waals surface area (Å²) in [6.45, 7) is 2.08. The van der Waals surface area contributed by atoms with Crippen LogP contribution in [0.1, 0.15) is 34.7 Å². The van der Waals surface area contributed by atoms with E-state index in [9.17, 15) is 9.90 Å². The summed E-state index contributed by atoms with van der Waals surface area (Å²) in [5.41, 5.74) is 1.28. The number of aromatic hydroxyl groups is 1. The number of hydrogen-bond acceptors (Lipinski definition) is 5. The number of phenolic OH excluding ortho intramolecular Hbond substituents is 1. The fourth-order valence-electron chi connectivity index (χ4n) is 2.74. The molecule has 3 aromatic rings. The molecular weight excluding hydrogens is 407 g/mol. The molecule has 3 rings (SSSR count). The molecule has 1 unspecified atom stereocenters. The van der Waals surface area contributed by atoms with E-state index in [2.05, 4.69) is 27.8 Å². The molecule has 1 amide bonds. The summed E-state index contributed by atoms with van der Waals surface area (Å²) in [6, 6.07) is 16.4. The summed E-state index contributed by atoms with van der Waals surface area (Å²) in [5, 5.41) is 24.7. The van der Waals surface area contributed by atoms with Gasteiger partial charge in [0.1, 0.15) is 0 Å². The van der Waals surface area contributed by atoms with Crippen molar-refractivity contribution >= 4 is 30.8 Å². The van der Waals surface area contributed by atoms with Gasteiger partial charge in [-0.15, -0.1) is 0 Å². The number of amides is 1. The summed E-state index contributed by atoms with van der Waals surface area (Å²) >= 11 is 0.0153. The maximum atomic E-state index is 12.5. The van der Waals surface area contributed by atoms with E-state index in [4.69, 9.17) is 0 Å². The van der Waals surface area contributed by atoms with Gasteiger partial charge in [0, 0.05) is 0 Å². The van der Waals surface area contributed by atoms with Crippen LogP contribution in [0.25, 0.3) is 0 Å². The van der Waals surface area contributed by atoms with Crippen molar-refractivity contribution in [1.82, 2.24) is 15.5 Å². The van der Waals surface area contributed by atoms with Crippen LogP contribution in [-0.2, 0) is 6.42 Å². The first kappa shape index (κ1) is 19.1. The molecule has 0 aliphatic rings. The van der Waals surface area contributed by atoms with Crippen molar-refractivity contribution in [3.05, 3.63) is 64.7 Å². The van der Waals surface area contributed by atoms with Crippen molar-refractivity contribution in [3.63, 3.8) is 0 Å². The van der Waals surface area contributed by atoms with E-state index in [1.165, 1.54) is 6.07 Å². The van der Waals surface area contributed by atoms with Gasteiger partial charge in [0.15, 0.2) is 0 Å². The minimum absolute atomic E-state index is 0.00893. The Kier molecular flexibility index (Phi) is 6.63. The third-order valence-corrected chi connectivity index (χ3v) is 5.84. The van der Waals surface area contributed by atoms with Gasteiger partial charge in [-0.05, 0) is 0 Å². The average molecular weight is 429 g/mol. The molecule has 0 saturated carbocycles. The Morgan fingerprint density at radius 3 is 2.59 bits per heavy atom.